The van der Waals surface area contributed by atoms with Crippen LogP contribution in [-0.2, 0) is 6.42 Å². The zero-order valence-corrected chi connectivity index (χ0v) is 24.8. The molecule has 0 saturated heterocycles. The van der Waals surface area contributed by atoms with Crippen molar-refractivity contribution in [3.63, 3.8) is 0 Å². The first-order valence-corrected chi connectivity index (χ1v) is 15.0. The number of ether oxygens (including phenoxy) is 1. The van der Waals surface area contributed by atoms with Gasteiger partial charge in [0.2, 0.25) is 0 Å². The average Bonchev–Trinajstić information content (AvgIpc) is 3.28. The lowest BCUT2D eigenvalue weighted by Gasteiger charge is -2.16. The Hall–Kier alpha value is -2.18. The van der Waals surface area contributed by atoms with Crippen molar-refractivity contribution >= 4 is 90.1 Å². The van der Waals surface area contributed by atoms with E-state index in [0.29, 0.717) is 6.61 Å². The van der Waals surface area contributed by atoms with Gasteiger partial charge in [-0.15, -0.1) is 11.3 Å². The predicted molar refractivity (Wildman–Crippen MR) is 166 cm³/mol. The summed E-state index contributed by atoms with van der Waals surface area (Å²) in [4.78, 5) is 0. The molecule has 0 fully saturated rings. The van der Waals surface area contributed by atoms with Crippen LogP contribution in [0.5, 0.6) is 5.75 Å². The van der Waals surface area contributed by atoms with E-state index in [1.807, 2.05) is 11.3 Å². The lowest BCUT2D eigenvalue weighted by Crippen LogP contribution is -2.01. The second-order valence-electron chi connectivity index (χ2n) is 8.74. The average molecular weight is 681 g/mol. The van der Waals surface area contributed by atoms with Crippen LogP contribution in [0.3, 0.4) is 0 Å². The highest BCUT2D eigenvalue weighted by atomic mass is 79.9. The summed E-state index contributed by atoms with van der Waals surface area (Å²) >= 11 is 13.4. The molecular weight excluding hydrogens is 660 g/mol. The van der Waals surface area contributed by atoms with Crippen molar-refractivity contribution < 1.29 is 4.74 Å². The Bertz CT molecular complexity index is 1700. The normalized spacial score (nSPS) is 11.5. The first-order valence-electron chi connectivity index (χ1n) is 11.8. The minimum atomic E-state index is 0.659. The Labute approximate surface area is 239 Å². The van der Waals surface area contributed by atoms with E-state index in [9.17, 15) is 0 Å². The highest BCUT2D eigenvalue weighted by molar-refractivity contribution is 9.11. The topological polar surface area (TPSA) is 9.23 Å². The van der Waals surface area contributed by atoms with Gasteiger partial charge in [0.25, 0.3) is 0 Å². The molecule has 0 aliphatic heterocycles. The van der Waals surface area contributed by atoms with E-state index in [1.165, 1.54) is 42.1 Å². The first-order chi connectivity index (χ1) is 17.6. The van der Waals surface area contributed by atoms with E-state index in [-0.39, 0.29) is 0 Å². The summed E-state index contributed by atoms with van der Waals surface area (Å²) in [5.74, 6) is 0.847. The molecule has 0 spiro atoms. The van der Waals surface area contributed by atoms with E-state index in [2.05, 4.69) is 139 Å². The maximum Gasteiger partial charge on any atom is 0.147 e. The van der Waals surface area contributed by atoms with Gasteiger partial charge in [0.1, 0.15) is 5.75 Å². The Morgan fingerprint density at radius 3 is 2.08 bits per heavy atom. The van der Waals surface area contributed by atoms with Gasteiger partial charge in [-0.1, -0.05) is 72.8 Å². The summed E-state index contributed by atoms with van der Waals surface area (Å²) in [5.41, 5.74) is 3.74. The highest BCUT2D eigenvalue weighted by Crippen LogP contribution is 2.49. The number of halogens is 3. The zero-order valence-electron chi connectivity index (χ0n) is 19.2. The molecule has 0 N–H and O–H groups in total. The van der Waals surface area contributed by atoms with Crippen LogP contribution in [0.4, 0.5) is 0 Å². The molecule has 1 heterocycles. The molecule has 0 aliphatic carbocycles. The quantitative estimate of drug-likeness (QED) is 0.159. The summed E-state index contributed by atoms with van der Waals surface area (Å²) in [7, 11) is 0. The van der Waals surface area contributed by atoms with Crippen LogP contribution in [0.25, 0.3) is 42.1 Å². The smallest absolute Gasteiger partial charge is 0.147 e. The van der Waals surface area contributed by atoms with Gasteiger partial charge >= 0.3 is 0 Å². The number of hydrogen-bond acceptors (Lipinski definition) is 2. The van der Waals surface area contributed by atoms with E-state index < -0.39 is 0 Å². The lowest BCUT2D eigenvalue weighted by atomic mass is 9.93. The number of fused-ring (bicyclic) bond motifs is 4. The predicted octanol–water partition coefficient (Wildman–Crippen LogP) is 11.2. The lowest BCUT2D eigenvalue weighted by molar-refractivity contribution is 0.307. The number of rotatable bonds is 6. The molecule has 0 amide bonds. The maximum absolute atomic E-state index is 6.23. The van der Waals surface area contributed by atoms with E-state index in [0.717, 1.165) is 37.6 Å². The second kappa shape index (κ2) is 10.3. The Kier molecular flexibility index (Phi) is 6.91. The summed E-state index contributed by atoms with van der Waals surface area (Å²) in [6.07, 6.45) is 1.96. The van der Waals surface area contributed by atoms with Gasteiger partial charge in [0.15, 0.2) is 0 Å². The summed E-state index contributed by atoms with van der Waals surface area (Å²) in [6.45, 7) is 0.659. The molecule has 0 atom stereocenters. The zero-order chi connectivity index (χ0) is 24.6. The molecule has 5 aromatic carbocycles. The molecule has 178 valence electrons. The SMILES string of the molecule is Brc1cc(-c2c3ccccc3c(Br)c3sc4ccccc4c23)cc(Br)c1OCCCc1ccccc1. The van der Waals surface area contributed by atoms with Gasteiger partial charge in [0.05, 0.1) is 20.3 Å². The van der Waals surface area contributed by atoms with Gasteiger partial charge in [-0.05, 0) is 106 Å². The highest BCUT2D eigenvalue weighted by Gasteiger charge is 2.20. The molecule has 36 heavy (non-hydrogen) atoms. The number of hydrogen-bond donors (Lipinski definition) is 0. The fourth-order valence-electron chi connectivity index (χ4n) is 4.83. The minimum Gasteiger partial charge on any atom is -0.491 e. The monoisotopic (exact) mass is 678 g/mol. The third kappa shape index (κ3) is 4.41. The van der Waals surface area contributed by atoms with Crippen molar-refractivity contribution in [1.29, 1.82) is 0 Å². The van der Waals surface area contributed by atoms with Crippen LogP contribution in [-0.4, -0.2) is 6.61 Å². The number of thiophene rings is 1. The molecule has 1 nitrogen and oxygen atoms in total. The van der Waals surface area contributed by atoms with Gasteiger partial charge in [-0.2, -0.15) is 0 Å². The van der Waals surface area contributed by atoms with Crippen LogP contribution >= 0.6 is 59.1 Å². The van der Waals surface area contributed by atoms with Crippen LogP contribution in [0.2, 0.25) is 0 Å². The molecule has 0 bridgehead atoms. The van der Waals surface area contributed by atoms with Crippen molar-refractivity contribution in [3.8, 4) is 16.9 Å². The number of benzene rings is 5. The first kappa shape index (κ1) is 24.2. The van der Waals surface area contributed by atoms with Gasteiger partial charge in [-0.25, -0.2) is 0 Å². The van der Waals surface area contributed by atoms with Crippen LogP contribution in [0.15, 0.2) is 104 Å². The van der Waals surface area contributed by atoms with Crippen molar-refractivity contribution in [3.05, 3.63) is 110 Å². The molecule has 5 heteroatoms. The van der Waals surface area contributed by atoms with Crippen LogP contribution < -0.4 is 4.74 Å². The van der Waals surface area contributed by atoms with E-state index in [1.54, 1.807) is 0 Å². The van der Waals surface area contributed by atoms with Crippen molar-refractivity contribution in [2.24, 2.45) is 0 Å². The molecule has 0 aliphatic rings. The molecular formula is C31H21Br3OS. The summed E-state index contributed by atoms with van der Waals surface area (Å²) in [6, 6.07) is 32.3. The minimum absolute atomic E-state index is 0.659. The molecule has 6 aromatic rings. The van der Waals surface area contributed by atoms with E-state index >= 15 is 0 Å². The van der Waals surface area contributed by atoms with Crippen molar-refractivity contribution in [2.45, 2.75) is 12.8 Å². The molecule has 0 radical (unpaired) electrons. The van der Waals surface area contributed by atoms with Gasteiger partial charge < -0.3 is 4.74 Å². The fraction of sp³-hybridized carbons (Fsp3) is 0.0968. The third-order valence-electron chi connectivity index (χ3n) is 6.46. The Balaban J connectivity index is 1.43. The van der Waals surface area contributed by atoms with Gasteiger partial charge in [0, 0.05) is 19.9 Å². The standard InChI is InChI=1S/C31H21Br3OS/c32-24-17-20(18-25(33)30(24)35-16-8-11-19-9-2-1-3-10-19)27-21-12-4-5-13-22(21)29(34)31-28(27)23-14-6-7-15-26(23)36-31/h1-7,9-10,12-15,17-18H,8,11,16H2. The fourth-order valence-corrected chi connectivity index (χ4v) is 8.20. The second-order valence-corrected chi connectivity index (χ2v) is 12.3. The van der Waals surface area contributed by atoms with Gasteiger partial charge in [-0.3, -0.25) is 0 Å². The number of aryl methyl sites for hydroxylation is 1. The van der Waals surface area contributed by atoms with Crippen LogP contribution in [0.1, 0.15) is 12.0 Å². The largest absolute Gasteiger partial charge is 0.491 e. The molecule has 6 rings (SSSR count). The van der Waals surface area contributed by atoms with E-state index in [4.69, 9.17) is 4.74 Å². The van der Waals surface area contributed by atoms with Crippen molar-refractivity contribution in [1.82, 2.24) is 0 Å². The molecule has 0 saturated carbocycles. The summed E-state index contributed by atoms with van der Waals surface area (Å²) in [5, 5.41) is 5.03. The molecule has 1 aromatic heterocycles. The maximum atomic E-state index is 6.23. The molecule has 0 unspecified atom stereocenters. The van der Waals surface area contributed by atoms with Crippen molar-refractivity contribution in [2.75, 3.05) is 6.61 Å². The van der Waals surface area contributed by atoms with Crippen LogP contribution in [0, 0.1) is 0 Å². The Morgan fingerprint density at radius 1 is 0.694 bits per heavy atom. The Morgan fingerprint density at radius 2 is 1.33 bits per heavy atom. The summed E-state index contributed by atoms with van der Waals surface area (Å²) < 4.78 is 11.9. The third-order valence-corrected chi connectivity index (χ3v) is 9.92.